The molecule has 1 aromatic carbocycles. The van der Waals surface area contributed by atoms with Crippen LogP contribution in [0.25, 0.3) is 0 Å². The van der Waals surface area contributed by atoms with Crippen LogP contribution >= 0.6 is 12.4 Å². The van der Waals surface area contributed by atoms with Crippen LogP contribution in [0.2, 0.25) is 0 Å². The second-order valence-electron chi connectivity index (χ2n) is 6.04. The van der Waals surface area contributed by atoms with Crippen molar-refractivity contribution in [2.45, 2.75) is 56.9 Å². The summed E-state index contributed by atoms with van der Waals surface area (Å²) in [6.45, 7) is 1.37. The van der Waals surface area contributed by atoms with E-state index in [0.717, 1.165) is 18.4 Å². The Bertz CT molecular complexity index is 437. The summed E-state index contributed by atoms with van der Waals surface area (Å²) in [7, 11) is 0. The van der Waals surface area contributed by atoms with Gasteiger partial charge in [-0.1, -0.05) is 44.0 Å². The average molecular weight is 352 g/mol. The molecule has 0 atom stereocenters. The van der Waals surface area contributed by atoms with E-state index in [1.807, 2.05) is 6.92 Å². The third-order valence-corrected chi connectivity index (χ3v) is 4.01. The van der Waals surface area contributed by atoms with Crippen LogP contribution in [0.3, 0.4) is 0 Å². The van der Waals surface area contributed by atoms with Crippen LogP contribution < -0.4 is 5.73 Å². The summed E-state index contributed by atoms with van der Waals surface area (Å²) in [4.78, 5) is 0. The molecule has 0 spiro atoms. The lowest BCUT2D eigenvalue weighted by atomic mass is 9.93. The molecule has 0 aliphatic carbocycles. The van der Waals surface area contributed by atoms with E-state index in [1.54, 1.807) is 12.1 Å². The highest BCUT2D eigenvalue weighted by Crippen LogP contribution is 2.33. The number of nitrogens with two attached hydrogens (primary N) is 1. The molecule has 0 heterocycles. The molecule has 3 nitrogen and oxygen atoms in total. The van der Waals surface area contributed by atoms with Gasteiger partial charge in [0, 0.05) is 12.0 Å². The lowest BCUT2D eigenvalue weighted by Crippen LogP contribution is -2.47. The van der Waals surface area contributed by atoms with Crippen molar-refractivity contribution in [1.82, 2.24) is 0 Å². The standard InChI is InChI=1S/C17H27F2NO2.ClH/c1-2-3-4-10-17(18,19)15-7-5-14(6-8-15)9-11-16(20,12-21)13-22;/h5-8,21-22H,2-4,9-13,20H2,1H3;1H. The van der Waals surface area contributed by atoms with E-state index >= 15 is 0 Å². The fourth-order valence-corrected chi connectivity index (χ4v) is 2.26. The van der Waals surface area contributed by atoms with E-state index in [1.165, 1.54) is 12.1 Å². The van der Waals surface area contributed by atoms with Crippen molar-refractivity contribution in [3.8, 4) is 0 Å². The van der Waals surface area contributed by atoms with E-state index in [4.69, 9.17) is 15.9 Å². The maximum atomic E-state index is 14.0. The summed E-state index contributed by atoms with van der Waals surface area (Å²) in [5, 5.41) is 18.3. The van der Waals surface area contributed by atoms with Gasteiger partial charge in [0.2, 0.25) is 0 Å². The van der Waals surface area contributed by atoms with Crippen molar-refractivity contribution in [3.05, 3.63) is 35.4 Å². The molecule has 0 aromatic heterocycles. The second-order valence-corrected chi connectivity index (χ2v) is 6.04. The molecule has 1 rings (SSSR count). The Kier molecular flexibility index (Phi) is 9.85. The molecule has 6 heteroatoms. The first-order chi connectivity index (χ1) is 10.4. The highest BCUT2D eigenvalue weighted by molar-refractivity contribution is 5.85. The number of benzene rings is 1. The smallest absolute Gasteiger partial charge is 0.273 e. The quantitative estimate of drug-likeness (QED) is 0.566. The number of halogens is 3. The predicted molar refractivity (Wildman–Crippen MR) is 91.1 cm³/mol. The van der Waals surface area contributed by atoms with Gasteiger partial charge in [0.1, 0.15) is 0 Å². The minimum Gasteiger partial charge on any atom is -0.394 e. The largest absolute Gasteiger partial charge is 0.394 e. The molecule has 0 aliphatic heterocycles. The van der Waals surface area contributed by atoms with Crippen molar-refractivity contribution in [3.63, 3.8) is 0 Å². The molecule has 4 N–H and O–H groups in total. The van der Waals surface area contributed by atoms with Crippen LogP contribution in [-0.4, -0.2) is 29.0 Å². The topological polar surface area (TPSA) is 66.5 Å². The Morgan fingerprint density at radius 3 is 2.04 bits per heavy atom. The van der Waals surface area contributed by atoms with E-state index in [0.29, 0.717) is 19.3 Å². The van der Waals surface area contributed by atoms with Gasteiger partial charge >= 0.3 is 0 Å². The molecule has 0 bridgehead atoms. The maximum Gasteiger partial charge on any atom is 0.273 e. The number of aliphatic hydroxyl groups excluding tert-OH is 2. The van der Waals surface area contributed by atoms with Crippen LogP contribution in [0, 0.1) is 0 Å². The van der Waals surface area contributed by atoms with Crippen LogP contribution in [-0.2, 0) is 12.3 Å². The van der Waals surface area contributed by atoms with Gasteiger partial charge < -0.3 is 15.9 Å². The summed E-state index contributed by atoms with van der Waals surface area (Å²) < 4.78 is 28.0. The zero-order valence-corrected chi connectivity index (χ0v) is 14.4. The number of hydrogen-bond donors (Lipinski definition) is 3. The molecular formula is C17H28ClF2NO2. The number of aliphatic hydroxyl groups is 2. The van der Waals surface area contributed by atoms with Gasteiger partial charge in [-0.15, -0.1) is 12.4 Å². The van der Waals surface area contributed by atoms with E-state index in [-0.39, 0.29) is 37.6 Å². The monoisotopic (exact) mass is 351 g/mol. The Morgan fingerprint density at radius 1 is 1.00 bits per heavy atom. The maximum absolute atomic E-state index is 14.0. The van der Waals surface area contributed by atoms with Gasteiger partial charge in [-0.25, -0.2) is 8.78 Å². The van der Waals surface area contributed by atoms with Crippen molar-refractivity contribution in [2.24, 2.45) is 5.73 Å². The van der Waals surface area contributed by atoms with Gasteiger partial charge in [-0.3, -0.25) is 0 Å². The Labute approximate surface area is 143 Å². The molecule has 23 heavy (non-hydrogen) atoms. The molecule has 0 saturated heterocycles. The normalized spacial score (nSPS) is 12.1. The van der Waals surface area contributed by atoms with E-state index in [2.05, 4.69) is 0 Å². The first kappa shape index (κ1) is 22.2. The van der Waals surface area contributed by atoms with Crippen molar-refractivity contribution < 1.29 is 19.0 Å². The molecule has 0 amide bonds. The number of unbranched alkanes of at least 4 members (excludes halogenated alkanes) is 2. The summed E-state index contributed by atoms with van der Waals surface area (Å²) in [6, 6.07) is 6.24. The third kappa shape index (κ3) is 7.12. The molecule has 0 unspecified atom stereocenters. The molecule has 0 radical (unpaired) electrons. The Balaban J connectivity index is 0.00000484. The Morgan fingerprint density at radius 2 is 1.57 bits per heavy atom. The first-order valence-electron chi connectivity index (χ1n) is 7.85. The number of rotatable bonds is 10. The van der Waals surface area contributed by atoms with E-state index in [9.17, 15) is 8.78 Å². The number of aryl methyl sites for hydroxylation is 1. The van der Waals surface area contributed by atoms with Crippen molar-refractivity contribution >= 4 is 12.4 Å². The molecular weight excluding hydrogens is 324 g/mol. The van der Waals surface area contributed by atoms with Gasteiger partial charge in [-0.05, 0) is 24.8 Å². The summed E-state index contributed by atoms with van der Waals surface area (Å²) >= 11 is 0. The molecule has 0 aliphatic rings. The van der Waals surface area contributed by atoms with Crippen LogP contribution in [0.15, 0.2) is 24.3 Å². The minimum atomic E-state index is -2.79. The van der Waals surface area contributed by atoms with Gasteiger partial charge in [0.15, 0.2) is 0 Å². The summed E-state index contributed by atoms with van der Waals surface area (Å²) in [5.41, 5.74) is 5.67. The van der Waals surface area contributed by atoms with Crippen LogP contribution in [0.5, 0.6) is 0 Å². The molecule has 134 valence electrons. The molecule has 1 aromatic rings. The zero-order chi connectivity index (χ0) is 16.6. The predicted octanol–water partition coefficient (Wildman–Crippen LogP) is 3.40. The average Bonchev–Trinajstić information content (AvgIpc) is 2.53. The summed E-state index contributed by atoms with van der Waals surface area (Å²) in [5.74, 6) is -2.79. The highest BCUT2D eigenvalue weighted by atomic mass is 35.5. The first-order valence-corrected chi connectivity index (χ1v) is 7.85. The lowest BCUT2D eigenvalue weighted by molar-refractivity contribution is -0.0157. The minimum absolute atomic E-state index is 0. The second kappa shape index (κ2) is 10.2. The Hall–Kier alpha value is -0.750. The van der Waals surface area contributed by atoms with E-state index < -0.39 is 11.5 Å². The van der Waals surface area contributed by atoms with Crippen LogP contribution in [0.4, 0.5) is 8.78 Å². The highest BCUT2D eigenvalue weighted by Gasteiger charge is 2.30. The van der Waals surface area contributed by atoms with Crippen molar-refractivity contribution in [1.29, 1.82) is 0 Å². The van der Waals surface area contributed by atoms with Crippen LogP contribution in [0.1, 0.15) is 50.2 Å². The molecule has 0 fully saturated rings. The van der Waals surface area contributed by atoms with Crippen molar-refractivity contribution in [2.75, 3.05) is 13.2 Å². The van der Waals surface area contributed by atoms with Gasteiger partial charge in [0.05, 0.1) is 18.8 Å². The van der Waals surface area contributed by atoms with Gasteiger partial charge in [0.25, 0.3) is 5.92 Å². The lowest BCUT2D eigenvalue weighted by Gasteiger charge is -2.24. The van der Waals surface area contributed by atoms with Gasteiger partial charge in [-0.2, -0.15) is 0 Å². The zero-order valence-electron chi connectivity index (χ0n) is 13.6. The summed E-state index contributed by atoms with van der Waals surface area (Å²) in [6.07, 6.45) is 3.06. The number of hydrogen-bond acceptors (Lipinski definition) is 3. The number of alkyl halides is 2. The molecule has 0 saturated carbocycles. The fraction of sp³-hybridized carbons (Fsp3) is 0.647. The third-order valence-electron chi connectivity index (χ3n) is 4.01. The SMILES string of the molecule is CCCCCC(F)(F)c1ccc(CCC(N)(CO)CO)cc1.Cl. The fourth-order valence-electron chi connectivity index (χ4n) is 2.26.